The van der Waals surface area contributed by atoms with Gasteiger partial charge in [-0.3, -0.25) is 14.9 Å². The summed E-state index contributed by atoms with van der Waals surface area (Å²) in [4.78, 5) is 22.6. The van der Waals surface area contributed by atoms with Crippen LogP contribution < -0.4 is 5.32 Å². The predicted molar refractivity (Wildman–Crippen MR) is 55.2 cm³/mol. The second-order valence-electron chi connectivity index (χ2n) is 3.45. The van der Waals surface area contributed by atoms with Gasteiger partial charge in [-0.25, -0.2) is 0 Å². The molecule has 15 heavy (non-hydrogen) atoms. The van der Waals surface area contributed by atoms with E-state index in [4.69, 9.17) is 0 Å². The quantitative estimate of drug-likeness (QED) is 0.611. The van der Waals surface area contributed by atoms with Crippen LogP contribution in [0.5, 0.6) is 0 Å². The van der Waals surface area contributed by atoms with E-state index in [2.05, 4.69) is 5.32 Å². The number of thiophene rings is 1. The third kappa shape index (κ3) is 1.99. The minimum absolute atomic E-state index is 0.105. The van der Waals surface area contributed by atoms with Crippen molar-refractivity contribution in [1.82, 2.24) is 5.32 Å². The summed E-state index contributed by atoms with van der Waals surface area (Å²) in [5.41, 5.74) is 0. The number of carbonyl (C=O) groups is 1. The van der Waals surface area contributed by atoms with Crippen molar-refractivity contribution in [2.24, 2.45) is 0 Å². The van der Waals surface area contributed by atoms with Crippen LogP contribution in [0.15, 0.2) is 17.5 Å². The van der Waals surface area contributed by atoms with Gasteiger partial charge in [-0.1, -0.05) is 6.07 Å². The van der Waals surface area contributed by atoms with Crippen LogP contribution in [0.2, 0.25) is 0 Å². The zero-order chi connectivity index (χ0) is 10.8. The Morgan fingerprint density at radius 2 is 2.40 bits per heavy atom. The second-order valence-corrected chi connectivity index (χ2v) is 4.43. The van der Waals surface area contributed by atoms with Crippen molar-refractivity contribution in [2.45, 2.75) is 24.9 Å². The summed E-state index contributed by atoms with van der Waals surface area (Å²) in [7, 11) is 0. The fourth-order valence-corrected chi connectivity index (χ4v) is 2.58. The number of hydrogen-bond acceptors (Lipinski definition) is 4. The first-order chi connectivity index (χ1) is 7.18. The molecule has 0 aliphatic carbocycles. The number of nitrogens with zero attached hydrogens (tertiary/aromatic N) is 1. The van der Waals surface area contributed by atoms with Crippen LogP contribution in [0.25, 0.3) is 0 Å². The molecule has 0 bridgehead atoms. The van der Waals surface area contributed by atoms with Gasteiger partial charge in [0.2, 0.25) is 11.9 Å². The SMILES string of the molecule is O=C1CC[C@H]([N+](=O)[O-])[C@@H](c2cccs2)N1. The van der Waals surface area contributed by atoms with Crippen LogP contribution in [0.4, 0.5) is 0 Å². The molecule has 1 aromatic heterocycles. The van der Waals surface area contributed by atoms with Gasteiger partial charge < -0.3 is 5.32 Å². The Bertz CT molecular complexity index is 377. The number of amides is 1. The van der Waals surface area contributed by atoms with Crippen molar-refractivity contribution in [3.63, 3.8) is 0 Å². The van der Waals surface area contributed by atoms with Gasteiger partial charge in [-0.15, -0.1) is 11.3 Å². The monoisotopic (exact) mass is 226 g/mol. The van der Waals surface area contributed by atoms with Gasteiger partial charge in [-0.2, -0.15) is 0 Å². The highest BCUT2D eigenvalue weighted by Gasteiger charge is 2.38. The Morgan fingerprint density at radius 3 is 3.00 bits per heavy atom. The van der Waals surface area contributed by atoms with Crippen LogP contribution in [-0.2, 0) is 4.79 Å². The highest BCUT2D eigenvalue weighted by molar-refractivity contribution is 7.10. The van der Waals surface area contributed by atoms with E-state index < -0.39 is 12.1 Å². The molecule has 2 heterocycles. The van der Waals surface area contributed by atoms with Gasteiger partial charge in [0, 0.05) is 22.6 Å². The van der Waals surface area contributed by atoms with E-state index in [1.165, 1.54) is 11.3 Å². The average Bonchev–Trinajstić information content (AvgIpc) is 2.69. The Kier molecular flexibility index (Phi) is 2.68. The van der Waals surface area contributed by atoms with Gasteiger partial charge in [-0.05, 0) is 11.4 Å². The molecule has 1 amide bonds. The number of hydrogen-bond donors (Lipinski definition) is 1. The third-order valence-corrected chi connectivity index (χ3v) is 3.44. The minimum atomic E-state index is -0.693. The molecule has 6 heteroatoms. The first-order valence-electron chi connectivity index (χ1n) is 4.65. The van der Waals surface area contributed by atoms with Gasteiger partial charge in [0.15, 0.2) is 0 Å². The summed E-state index contributed by atoms with van der Waals surface area (Å²) < 4.78 is 0. The smallest absolute Gasteiger partial charge is 0.238 e. The van der Waals surface area contributed by atoms with Crippen molar-refractivity contribution in [2.75, 3.05) is 0 Å². The van der Waals surface area contributed by atoms with Gasteiger partial charge in [0.25, 0.3) is 0 Å². The highest BCUT2D eigenvalue weighted by Crippen LogP contribution is 2.28. The van der Waals surface area contributed by atoms with Gasteiger partial charge >= 0.3 is 0 Å². The standard InChI is InChI=1S/C9H10N2O3S/c12-8-4-3-6(11(13)14)9(10-8)7-2-1-5-15-7/h1-2,5-6,9H,3-4H2,(H,10,12)/t6-,9-/m0/s1. The number of carbonyl (C=O) groups excluding carboxylic acids is 1. The third-order valence-electron chi connectivity index (χ3n) is 2.49. The molecule has 1 fully saturated rings. The van der Waals surface area contributed by atoms with E-state index in [1.54, 1.807) is 0 Å². The summed E-state index contributed by atoms with van der Waals surface area (Å²) >= 11 is 1.43. The van der Waals surface area contributed by atoms with Crippen LogP contribution >= 0.6 is 11.3 Å². The normalized spacial score (nSPS) is 26.0. The van der Waals surface area contributed by atoms with Crippen LogP contribution in [0.3, 0.4) is 0 Å². The van der Waals surface area contributed by atoms with E-state index in [1.807, 2.05) is 17.5 Å². The zero-order valence-electron chi connectivity index (χ0n) is 7.88. The van der Waals surface area contributed by atoms with Crippen molar-refractivity contribution in [3.05, 3.63) is 32.5 Å². The summed E-state index contributed by atoms with van der Waals surface area (Å²) in [5.74, 6) is -0.105. The van der Waals surface area contributed by atoms with Crippen molar-refractivity contribution in [3.8, 4) is 0 Å². The van der Waals surface area contributed by atoms with E-state index in [0.29, 0.717) is 6.42 Å². The lowest BCUT2D eigenvalue weighted by atomic mass is 9.97. The lowest BCUT2D eigenvalue weighted by Gasteiger charge is -2.25. The number of piperidine rings is 1. The van der Waals surface area contributed by atoms with Crippen LogP contribution in [0, 0.1) is 10.1 Å². The zero-order valence-corrected chi connectivity index (χ0v) is 8.70. The van der Waals surface area contributed by atoms with Crippen molar-refractivity contribution in [1.29, 1.82) is 0 Å². The maximum absolute atomic E-state index is 11.2. The Labute approximate surface area is 90.3 Å². The molecule has 0 saturated carbocycles. The molecule has 1 aliphatic rings. The van der Waals surface area contributed by atoms with Crippen molar-refractivity contribution < 1.29 is 9.72 Å². The molecule has 1 N–H and O–H groups in total. The second kappa shape index (κ2) is 3.98. The number of rotatable bonds is 2. The van der Waals surface area contributed by atoms with Crippen molar-refractivity contribution >= 4 is 17.2 Å². The first kappa shape index (κ1) is 10.1. The maximum Gasteiger partial charge on any atom is 0.238 e. The van der Waals surface area contributed by atoms with E-state index >= 15 is 0 Å². The Balaban J connectivity index is 2.24. The molecule has 2 rings (SSSR count). The van der Waals surface area contributed by atoms with Crippen LogP contribution in [0.1, 0.15) is 23.8 Å². The molecule has 0 aromatic carbocycles. The van der Waals surface area contributed by atoms with E-state index in [9.17, 15) is 14.9 Å². The Hall–Kier alpha value is -1.43. The molecule has 1 saturated heterocycles. The highest BCUT2D eigenvalue weighted by atomic mass is 32.1. The summed E-state index contributed by atoms with van der Waals surface area (Å²) in [6.07, 6.45) is 0.564. The fraction of sp³-hybridized carbons (Fsp3) is 0.444. The molecule has 1 aromatic rings. The topological polar surface area (TPSA) is 72.2 Å². The molecule has 5 nitrogen and oxygen atoms in total. The van der Waals surface area contributed by atoms with Gasteiger partial charge in [0.05, 0.1) is 0 Å². The molecule has 1 aliphatic heterocycles. The maximum atomic E-state index is 11.2. The molecule has 0 spiro atoms. The molecular formula is C9H10N2O3S. The molecule has 0 radical (unpaired) electrons. The lowest BCUT2D eigenvalue weighted by Crippen LogP contribution is -2.44. The predicted octanol–water partition coefficient (Wildman–Crippen LogP) is 1.34. The summed E-state index contributed by atoms with van der Waals surface area (Å²) in [5, 5.41) is 15.4. The van der Waals surface area contributed by atoms with Crippen LogP contribution in [-0.4, -0.2) is 16.9 Å². The molecule has 2 atom stereocenters. The van der Waals surface area contributed by atoms with E-state index in [0.717, 1.165) is 4.88 Å². The average molecular weight is 226 g/mol. The summed E-state index contributed by atoms with van der Waals surface area (Å²) in [6, 6.07) is 2.50. The molecule has 0 unspecified atom stereocenters. The van der Waals surface area contributed by atoms with Gasteiger partial charge in [0.1, 0.15) is 6.04 Å². The minimum Gasteiger partial charge on any atom is -0.342 e. The largest absolute Gasteiger partial charge is 0.342 e. The molecular weight excluding hydrogens is 216 g/mol. The fourth-order valence-electron chi connectivity index (χ4n) is 1.74. The Morgan fingerprint density at radius 1 is 1.60 bits per heavy atom. The first-order valence-corrected chi connectivity index (χ1v) is 5.52. The number of nitrogens with one attached hydrogen (secondary N) is 1. The molecule has 80 valence electrons. The summed E-state index contributed by atoms with van der Waals surface area (Å²) in [6.45, 7) is 0. The lowest BCUT2D eigenvalue weighted by molar-refractivity contribution is -0.529. The van der Waals surface area contributed by atoms with E-state index in [-0.39, 0.29) is 17.3 Å². The number of nitro groups is 1.